The van der Waals surface area contributed by atoms with Crippen molar-refractivity contribution in [2.75, 3.05) is 0 Å². The summed E-state index contributed by atoms with van der Waals surface area (Å²) in [5, 5.41) is 0. The number of rotatable bonds is 1. The van der Waals surface area contributed by atoms with E-state index in [4.69, 9.17) is 0 Å². The van der Waals surface area contributed by atoms with Gasteiger partial charge in [-0.2, -0.15) is 0 Å². The van der Waals surface area contributed by atoms with Crippen LogP contribution < -0.4 is 5.56 Å². The van der Waals surface area contributed by atoms with E-state index in [1.807, 2.05) is 20.0 Å². The van der Waals surface area contributed by atoms with Crippen LogP contribution in [0.3, 0.4) is 0 Å². The Balaban J connectivity index is 3.50. The molecule has 2 nitrogen and oxygen atoms in total. The van der Waals surface area contributed by atoms with Crippen molar-refractivity contribution in [3.63, 3.8) is 0 Å². The molecule has 1 rings (SSSR count). The van der Waals surface area contributed by atoms with Crippen LogP contribution in [0.5, 0.6) is 0 Å². The first-order chi connectivity index (χ1) is 5.95. The predicted octanol–water partition coefficient (Wildman–Crippen LogP) is 2.13. The molecule has 0 fully saturated rings. The Morgan fingerprint density at radius 1 is 1.23 bits per heavy atom. The fourth-order valence-electron chi connectivity index (χ4n) is 1.59. The normalized spacial score (nSPS) is 10.9. The number of pyridine rings is 1. The third kappa shape index (κ3) is 1.67. The lowest BCUT2D eigenvalue weighted by atomic mass is 9.97. The molecule has 1 aromatic rings. The standard InChI is InChI=1S/C11H17NO/c1-7(2)10-6-12(5)11(13)9(4)8(10)3/h6-7H,1-5H3. The Morgan fingerprint density at radius 3 is 2.23 bits per heavy atom. The smallest absolute Gasteiger partial charge is 0.253 e. The molecule has 0 unspecified atom stereocenters. The van der Waals surface area contributed by atoms with E-state index >= 15 is 0 Å². The van der Waals surface area contributed by atoms with Crippen LogP contribution in [-0.4, -0.2) is 4.57 Å². The molecule has 0 aliphatic carbocycles. The largest absolute Gasteiger partial charge is 0.318 e. The molecule has 0 aliphatic heterocycles. The molecule has 1 heterocycles. The molecule has 0 radical (unpaired) electrons. The second-order valence-electron chi connectivity index (χ2n) is 3.91. The van der Waals surface area contributed by atoms with E-state index < -0.39 is 0 Å². The van der Waals surface area contributed by atoms with E-state index in [0.717, 1.165) is 11.1 Å². The predicted molar refractivity (Wildman–Crippen MR) is 55.2 cm³/mol. The zero-order valence-electron chi connectivity index (χ0n) is 9.01. The second kappa shape index (κ2) is 3.36. The van der Waals surface area contributed by atoms with Crippen molar-refractivity contribution < 1.29 is 0 Å². The van der Waals surface area contributed by atoms with E-state index in [9.17, 15) is 4.79 Å². The quantitative estimate of drug-likeness (QED) is 0.647. The minimum absolute atomic E-state index is 0.113. The Kier molecular flexibility index (Phi) is 2.60. The molecule has 2 heteroatoms. The van der Waals surface area contributed by atoms with Gasteiger partial charge in [0, 0.05) is 18.8 Å². The summed E-state index contributed by atoms with van der Waals surface area (Å²) in [7, 11) is 1.81. The Bertz CT molecular complexity index is 374. The molecule has 72 valence electrons. The van der Waals surface area contributed by atoms with Gasteiger partial charge >= 0.3 is 0 Å². The van der Waals surface area contributed by atoms with Gasteiger partial charge in [-0.25, -0.2) is 0 Å². The molecule has 13 heavy (non-hydrogen) atoms. The van der Waals surface area contributed by atoms with E-state index in [1.54, 1.807) is 11.6 Å². The van der Waals surface area contributed by atoms with Crippen molar-refractivity contribution in [1.82, 2.24) is 4.57 Å². The molecule has 0 aliphatic rings. The highest BCUT2D eigenvalue weighted by molar-refractivity contribution is 5.32. The van der Waals surface area contributed by atoms with E-state index in [1.165, 1.54) is 5.56 Å². The monoisotopic (exact) mass is 179 g/mol. The van der Waals surface area contributed by atoms with Gasteiger partial charge in [0.1, 0.15) is 0 Å². The molecule has 0 spiro atoms. The van der Waals surface area contributed by atoms with Crippen LogP contribution in [0.15, 0.2) is 11.0 Å². The lowest BCUT2D eigenvalue weighted by molar-refractivity contribution is 0.776. The van der Waals surface area contributed by atoms with Gasteiger partial charge in [-0.05, 0) is 30.9 Å². The zero-order valence-corrected chi connectivity index (χ0v) is 9.01. The number of nitrogens with zero attached hydrogens (tertiary/aromatic N) is 1. The average Bonchev–Trinajstić information content (AvgIpc) is 2.07. The van der Waals surface area contributed by atoms with Gasteiger partial charge < -0.3 is 4.57 Å². The summed E-state index contributed by atoms with van der Waals surface area (Å²) in [6, 6.07) is 0. The van der Waals surface area contributed by atoms with Crippen molar-refractivity contribution in [3.05, 3.63) is 33.2 Å². The molecule has 0 saturated heterocycles. The van der Waals surface area contributed by atoms with E-state index in [-0.39, 0.29) is 5.56 Å². The van der Waals surface area contributed by atoms with Crippen molar-refractivity contribution in [2.45, 2.75) is 33.6 Å². The SMILES string of the molecule is Cc1c(C(C)C)cn(C)c(=O)c1C. The molecule has 0 saturated carbocycles. The highest BCUT2D eigenvalue weighted by Gasteiger charge is 2.09. The van der Waals surface area contributed by atoms with Gasteiger partial charge in [-0.15, -0.1) is 0 Å². The minimum Gasteiger partial charge on any atom is -0.318 e. The van der Waals surface area contributed by atoms with Crippen molar-refractivity contribution in [2.24, 2.45) is 7.05 Å². The fourth-order valence-corrected chi connectivity index (χ4v) is 1.59. The number of hydrogen-bond donors (Lipinski definition) is 0. The van der Waals surface area contributed by atoms with Crippen LogP contribution in [-0.2, 0) is 7.05 Å². The van der Waals surface area contributed by atoms with Crippen LogP contribution in [0.2, 0.25) is 0 Å². The summed E-state index contributed by atoms with van der Waals surface area (Å²) < 4.78 is 1.66. The third-order valence-electron chi connectivity index (χ3n) is 2.59. The molecular formula is C11H17NO. The van der Waals surface area contributed by atoms with Crippen molar-refractivity contribution >= 4 is 0 Å². The van der Waals surface area contributed by atoms with Crippen molar-refractivity contribution in [3.8, 4) is 0 Å². The Morgan fingerprint density at radius 2 is 1.77 bits per heavy atom. The zero-order chi connectivity index (χ0) is 10.2. The van der Waals surface area contributed by atoms with Gasteiger partial charge in [-0.1, -0.05) is 13.8 Å². The van der Waals surface area contributed by atoms with E-state index in [2.05, 4.69) is 13.8 Å². The molecule has 0 bridgehead atoms. The van der Waals surface area contributed by atoms with Gasteiger partial charge in [0.25, 0.3) is 5.56 Å². The highest BCUT2D eigenvalue weighted by Crippen LogP contribution is 2.18. The first-order valence-electron chi connectivity index (χ1n) is 4.62. The summed E-state index contributed by atoms with van der Waals surface area (Å²) in [5.74, 6) is 0.477. The van der Waals surface area contributed by atoms with E-state index in [0.29, 0.717) is 5.92 Å². The van der Waals surface area contributed by atoms with Gasteiger partial charge in [0.15, 0.2) is 0 Å². The number of aryl methyl sites for hydroxylation is 1. The van der Waals surface area contributed by atoms with Gasteiger partial charge in [0.05, 0.1) is 0 Å². The summed E-state index contributed by atoms with van der Waals surface area (Å²) in [6.45, 7) is 8.20. The third-order valence-corrected chi connectivity index (χ3v) is 2.59. The Labute approximate surface area is 79.2 Å². The maximum absolute atomic E-state index is 11.5. The highest BCUT2D eigenvalue weighted by atomic mass is 16.1. The topological polar surface area (TPSA) is 22.0 Å². The number of aromatic nitrogens is 1. The fraction of sp³-hybridized carbons (Fsp3) is 0.545. The molecule has 0 N–H and O–H groups in total. The summed E-state index contributed by atoms with van der Waals surface area (Å²) in [6.07, 6.45) is 1.94. The molecule has 0 amide bonds. The maximum Gasteiger partial charge on any atom is 0.253 e. The van der Waals surface area contributed by atoms with Crippen LogP contribution in [0, 0.1) is 13.8 Å². The number of hydrogen-bond acceptors (Lipinski definition) is 1. The molecular weight excluding hydrogens is 162 g/mol. The van der Waals surface area contributed by atoms with Crippen molar-refractivity contribution in [1.29, 1.82) is 0 Å². The maximum atomic E-state index is 11.5. The van der Waals surface area contributed by atoms with Crippen LogP contribution in [0.25, 0.3) is 0 Å². The summed E-state index contributed by atoms with van der Waals surface area (Å²) >= 11 is 0. The van der Waals surface area contributed by atoms with Crippen LogP contribution in [0.1, 0.15) is 36.5 Å². The minimum atomic E-state index is 0.113. The van der Waals surface area contributed by atoms with Crippen LogP contribution >= 0.6 is 0 Å². The summed E-state index contributed by atoms with van der Waals surface area (Å²) in [4.78, 5) is 11.5. The average molecular weight is 179 g/mol. The second-order valence-corrected chi connectivity index (χ2v) is 3.91. The molecule has 1 aromatic heterocycles. The van der Waals surface area contributed by atoms with Gasteiger partial charge in [-0.3, -0.25) is 4.79 Å². The molecule has 0 atom stereocenters. The lowest BCUT2D eigenvalue weighted by Crippen LogP contribution is -2.21. The first-order valence-corrected chi connectivity index (χ1v) is 4.62. The lowest BCUT2D eigenvalue weighted by Gasteiger charge is -2.13. The Hall–Kier alpha value is -1.05. The van der Waals surface area contributed by atoms with Gasteiger partial charge in [0.2, 0.25) is 0 Å². The summed E-state index contributed by atoms with van der Waals surface area (Å²) in [5.41, 5.74) is 3.38. The molecule has 0 aromatic carbocycles. The first kappa shape index (κ1) is 10.0. The van der Waals surface area contributed by atoms with Crippen LogP contribution in [0.4, 0.5) is 0 Å².